The molecule has 0 aromatic carbocycles. The molecule has 0 bridgehead atoms. The molecule has 0 spiro atoms. The first-order valence-electron chi connectivity index (χ1n) is 13.1. The fourth-order valence-corrected chi connectivity index (χ4v) is 12.3. The van der Waals surface area contributed by atoms with Gasteiger partial charge in [-0.05, 0) is 102 Å². The molecule has 5 rings (SSSR count). The van der Waals surface area contributed by atoms with Gasteiger partial charge in [0.15, 0.2) is 0 Å². The van der Waals surface area contributed by atoms with Gasteiger partial charge in [0.05, 0.1) is 17.0 Å². The molecule has 0 aromatic heterocycles. The second-order valence-electron chi connectivity index (χ2n) is 10.5. The van der Waals surface area contributed by atoms with E-state index in [2.05, 4.69) is 10.6 Å². The minimum absolute atomic E-state index is 0. The van der Waals surface area contributed by atoms with E-state index in [-0.39, 0.29) is 27.4 Å². The Kier molecular flexibility index (Phi) is 11.5. The van der Waals surface area contributed by atoms with E-state index in [1.54, 1.807) is 96.3 Å². The van der Waals surface area contributed by atoms with Crippen molar-refractivity contribution < 1.29 is 19.5 Å². The Morgan fingerprint density at radius 2 is 0.759 bits per heavy atom. The van der Waals surface area contributed by atoms with Crippen LogP contribution in [0.2, 0.25) is 0 Å². The number of hydrogen-bond acceptors (Lipinski definition) is 2. The predicted octanol–water partition coefficient (Wildman–Crippen LogP) is 6.81. The van der Waals surface area contributed by atoms with E-state index in [4.69, 9.17) is 0 Å². The zero-order chi connectivity index (χ0) is 19.0. The molecule has 2 nitrogen and oxygen atoms in total. The van der Waals surface area contributed by atoms with Crippen LogP contribution in [0, 0.1) is 6.67 Å². The van der Waals surface area contributed by atoms with Crippen molar-refractivity contribution in [2.45, 2.75) is 151 Å². The van der Waals surface area contributed by atoms with Gasteiger partial charge in [0.25, 0.3) is 0 Å². The Morgan fingerprint density at radius 1 is 0.448 bits per heavy atom. The van der Waals surface area contributed by atoms with Crippen LogP contribution in [0.3, 0.4) is 0 Å². The van der Waals surface area contributed by atoms with Crippen LogP contribution in [0.5, 0.6) is 0 Å². The Morgan fingerprint density at radius 3 is 1.10 bits per heavy atom. The topological polar surface area (TPSA) is 24.1 Å². The van der Waals surface area contributed by atoms with Crippen LogP contribution in [-0.2, 0) is 19.5 Å². The SMILES string of the molecule is C1CCC([PH+](C2CCCCC2)C2CCCCC2)CC1.[CH-]1NC2CCCCC2N1.[Ru+]. The third-order valence-electron chi connectivity index (χ3n) is 8.59. The third kappa shape index (κ3) is 7.24. The quantitative estimate of drug-likeness (QED) is 0.249. The Labute approximate surface area is 195 Å². The molecule has 5 fully saturated rings. The van der Waals surface area contributed by atoms with Crippen LogP contribution in [-0.4, -0.2) is 29.1 Å². The predicted molar refractivity (Wildman–Crippen MR) is 126 cm³/mol. The number of fused-ring (bicyclic) bond motifs is 1. The summed E-state index contributed by atoms with van der Waals surface area (Å²) in [6, 6.07) is 1.50. The fourth-order valence-electron chi connectivity index (χ4n) is 7.10. The van der Waals surface area contributed by atoms with Crippen LogP contribution >= 0.6 is 7.92 Å². The molecular weight excluding hydrogens is 460 g/mol. The fraction of sp³-hybridized carbons (Fsp3) is 0.960. The summed E-state index contributed by atoms with van der Waals surface area (Å²) in [5, 5.41) is 6.64. The first-order valence-corrected chi connectivity index (χ1v) is 14.9. The van der Waals surface area contributed by atoms with E-state index in [1.165, 1.54) is 42.7 Å². The second kappa shape index (κ2) is 13.5. The summed E-state index contributed by atoms with van der Waals surface area (Å²) >= 11 is 0. The Hall–Kier alpha value is 0.973. The van der Waals surface area contributed by atoms with Crippen molar-refractivity contribution in [2.24, 2.45) is 0 Å². The van der Waals surface area contributed by atoms with Gasteiger partial charge in [0.2, 0.25) is 0 Å². The van der Waals surface area contributed by atoms with Crippen LogP contribution in [0.25, 0.3) is 0 Å². The van der Waals surface area contributed by atoms with Crippen LogP contribution in [0.1, 0.15) is 122 Å². The second-order valence-corrected chi connectivity index (χ2v) is 13.9. The van der Waals surface area contributed by atoms with E-state index < -0.39 is 0 Å². The molecule has 29 heavy (non-hydrogen) atoms. The smallest absolute Gasteiger partial charge is 0.453 e. The summed E-state index contributed by atoms with van der Waals surface area (Å²) in [4.78, 5) is 0. The van der Waals surface area contributed by atoms with Gasteiger partial charge in [-0.15, -0.1) is 0 Å². The third-order valence-corrected chi connectivity index (χ3v) is 13.2. The number of hydrogen-bond donors (Lipinski definition) is 2. The minimum atomic E-state index is -0.0465. The van der Waals surface area contributed by atoms with Crippen molar-refractivity contribution in [3.8, 4) is 0 Å². The average molecular weight is 508 g/mol. The van der Waals surface area contributed by atoms with Crippen molar-refractivity contribution in [3.05, 3.63) is 6.67 Å². The zero-order valence-corrected chi connectivity index (χ0v) is 21.5. The van der Waals surface area contributed by atoms with Crippen LogP contribution in [0.4, 0.5) is 0 Å². The summed E-state index contributed by atoms with van der Waals surface area (Å²) in [5.41, 5.74) is 3.68. The van der Waals surface area contributed by atoms with E-state index in [1.807, 2.05) is 6.67 Å². The monoisotopic (exact) mass is 508 g/mol. The maximum Gasteiger partial charge on any atom is 1.00 e. The molecule has 2 N–H and O–H groups in total. The molecule has 2 atom stereocenters. The van der Waals surface area contributed by atoms with Gasteiger partial charge < -0.3 is 10.6 Å². The summed E-state index contributed by atoms with van der Waals surface area (Å²) in [7, 11) is -0.0465. The van der Waals surface area contributed by atoms with Gasteiger partial charge in [-0.2, -0.15) is 0 Å². The van der Waals surface area contributed by atoms with Crippen molar-refractivity contribution in [2.75, 3.05) is 0 Å². The molecule has 1 aliphatic heterocycles. The van der Waals surface area contributed by atoms with Gasteiger partial charge in [0, 0.05) is 7.92 Å². The molecule has 0 aromatic rings. The summed E-state index contributed by atoms with van der Waals surface area (Å²) in [5.74, 6) is 0. The molecule has 4 aliphatic carbocycles. The maximum atomic E-state index is 3.32. The summed E-state index contributed by atoms with van der Waals surface area (Å²) < 4.78 is 0. The number of rotatable bonds is 3. The molecule has 5 aliphatic rings. The molecule has 2 unspecified atom stereocenters. The van der Waals surface area contributed by atoms with E-state index >= 15 is 0 Å². The summed E-state index contributed by atoms with van der Waals surface area (Å²) in [6.07, 6.45) is 29.3. The van der Waals surface area contributed by atoms with Gasteiger partial charge in [-0.1, -0.05) is 32.1 Å². The Balaban J connectivity index is 0.000000201. The van der Waals surface area contributed by atoms with Gasteiger partial charge in [-0.3, -0.25) is 0 Å². The molecule has 169 valence electrons. The van der Waals surface area contributed by atoms with E-state index in [9.17, 15) is 0 Å². The van der Waals surface area contributed by atoms with Crippen molar-refractivity contribution in [1.82, 2.24) is 10.6 Å². The van der Waals surface area contributed by atoms with Crippen LogP contribution < -0.4 is 10.6 Å². The maximum absolute atomic E-state index is 3.32. The van der Waals surface area contributed by atoms with Crippen LogP contribution in [0.15, 0.2) is 0 Å². The molecule has 4 saturated carbocycles. The summed E-state index contributed by atoms with van der Waals surface area (Å²) in [6.45, 7) is 2.00. The Bertz CT molecular complexity index is 376. The first kappa shape index (κ1) is 24.6. The molecular formula is C25H47N2PRu+. The first-order chi connectivity index (χ1) is 13.9. The average Bonchev–Trinajstić information content (AvgIpc) is 3.26. The molecule has 0 amide bonds. The molecule has 1 radical (unpaired) electrons. The minimum Gasteiger partial charge on any atom is -0.453 e. The van der Waals surface area contributed by atoms with Gasteiger partial charge >= 0.3 is 19.5 Å². The normalized spacial score (nSPS) is 32.2. The van der Waals surface area contributed by atoms with Crippen molar-refractivity contribution in [3.63, 3.8) is 0 Å². The van der Waals surface area contributed by atoms with E-state index in [0.29, 0.717) is 0 Å². The molecule has 4 heteroatoms. The van der Waals surface area contributed by atoms with Crippen molar-refractivity contribution in [1.29, 1.82) is 0 Å². The standard InChI is InChI=1S/C18H33P.C7H13N2.Ru/c1-4-10-16(11-5-1)19(17-12-6-2-7-13-17)18-14-8-3-9-15-18;1-2-4-7-6(3-1)8-5-9-7;/h16-18H,1-15H2;5-9H,1-4H2;/q;-1;+1/p+1. The van der Waals surface area contributed by atoms with Gasteiger partial charge in [0.1, 0.15) is 0 Å². The largest absolute Gasteiger partial charge is 1.00 e. The van der Waals surface area contributed by atoms with Gasteiger partial charge in [-0.25, -0.2) is 6.67 Å². The van der Waals surface area contributed by atoms with Crippen molar-refractivity contribution >= 4 is 7.92 Å². The number of nitrogens with one attached hydrogen (secondary N) is 2. The molecule has 1 heterocycles. The van der Waals surface area contributed by atoms with E-state index in [0.717, 1.165) is 12.1 Å². The molecule has 1 saturated heterocycles. The zero-order valence-electron chi connectivity index (χ0n) is 18.8.